The van der Waals surface area contributed by atoms with Crippen LogP contribution in [0.3, 0.4) is 0 Å². The fourth-order valence-corrected chi connectivity index (χ4v) is 4.67. The normalized spacial score (nSPS) is 13.6. The smallest absolute Gasteiger partial charge is 0.326 e. The topological polar surface area (TPSA) is 197 Å². The van der Waals surface area contributed by atoms with Crippen LogP contribution in [-0.2, 0) is 38.4 Å². The highest BCUT2D eigenvalue weighted by Crippen LogP contribution is 2.12. The molecule has 0 spiro atoms. The van der Waals surface area contributed by atoms with Gasteiger partial charge in [-0.15, -0.1) is 0 Å². The summed E-state index contributed by atoms with van der Waals surface area (Å²) >= 11 is 0. The molecule has 44 heavy (non-hydrogen) atoms. The van der Waals surface area contributed by atoms with E-state index in [1.165, 1.54) is 12.1 Å². The molecule has 0 bridgehead atoms. The van der Waals surface area contributed by atoms with E-state index in [0.29, 0.717) is 19.4 Å². The Hall–Kier alpha value is -4.74. The van der Waals surface area contributed by atoms with Gasteiger partial charge in [0.25, 0.3) is 0 Å². The molecule has 3 aromatic carbocycles. The van der Waals surface area contributed by atoms with Crippen LogP contribution in [0.5, 0.6) is 5.75 Å². The first-order chi connectivity index (χ1) is 21.2. The lowest BCUT2D eigenvalue weighted by Crippen LogP contribution is -2.58. The molecule has 4 atom stereocenters. The predicted molar refractivity (Wildman–Crippen MR) is 166 cm³/mol. The van der Waals surface area contributed by atoms with Crippen LogP contribution in [-0.4, -0.2) is 64.6 Å². The SMILES string of the molecule is NCCCCC(NC(=O)C(N)Cc1ccc(O)cc1)C(=O)NC(Cc1ccccc1)C(=O)NC(Cc1ccccc1)C(=O)O. The van der Waals surface area contributed by atoms with E-state index in [4.69, 9.17) is 11.5 Å². The second-order valence-electron chi connectivity index (χ2n) is 10.7. The molecule has 0 aliphatic heterocycles. The van der Waals surface area contributed by atoms with Crippen LogP contribution in [0, 0.1) is 0 Å². The number of aliphatic carboxylic acids is 1. The molecule has 4 unspecified atom stereocenters. The number of aromatic hydroxyl groups is 1. The third-order valence-electron chi connectivity index (χ3n) is 7.12. The molecule has 3 rings (SSSR count). The van der Waals surface area contributed by atoms with E-state index in [2.05, 4.69) is 16.0 Å². The van der Waals surface area contributed by atoms with Crippen molar-refractivity contribution < 1.29 is 29.4 Å². The summed E-state index contributed by atoms with van der Waals surface area (Å²) in [6.45, 7) is 0.402. The maximum Gasteiger partial charge on any atom is 0.326 e. The standard InChI is InChI=1S/C33H41N5O6/c34-18-8-7-13-27(36-30(40)26(35)19-24-14-16-25(39)17-15-24)31(41)37-28(20-22-9-3-1-4-10-22)32(42)38-29(33(43)44)21-23-11-5-2-6-12-23/h1-6,9-12,14-17,26-29,39H,7-8,13,18-21,34-35H2,(H,36,40)(H,37,41)(H,38,42)(H,43,44). The molecular weight excluding hydrogens is 562 g/mol. The molecule has 0 aliphatic rings. The summed E-state index contributed by atoms with van der Waals surface area (Å²) in [5.74, 6) is -2.93. The van der Waals surface area contributed by atoms with Crippen LogP contribution in [0.2, 0.25) is 0 Å². The third-order valence-corrected chi connectivity index (χ3v) is 7.12. The number of nitrogens with two attached hydrogens (primary N) is 2. The van der Waals surface area contributed by atoms with Crippen molar-refractivity contribution in [1.29, 1.82) is 0 Å². The van der Waals surface area contributed by atoms with E-state index in [0.717, 1.165) is 16.7 Å². The zero-order valence-corrected chi connectivity index (χ0v) is 24.5. The van der Waals surface area contributed by atoms with Gasteiger partial charge in [0.2, 0.25) is 17.7 Å². The van der Waals surface area contributed by atoms with Gasteiger partial charge in [0.15, 0.2) is 0 Å². The van der Waals surface area contributed by atoms with Crippen LogP contribution in [0.1, 0.15) is 36.0 Å². The number of hydrogen-bond donors (Lipinski definition) is 7. The van der Waals surface area contributed by atoms with Crippen LogP contribution < -0.4 is 27.4 Å². The Morgan fingerprint density at radius 3 is 1.64 bits per heavy atom. The average Bonchev–Trinajstić information content (AvgIpc) is 3.01. The number of carboxylic acids is 1. The summed E-state index contributed by atoms with van der Waals surface area (Å²) in [4.78, 5) is 52.2. The first kappa shape index (κ1) is 33.8. The molecule has 11 heteroatoms. The van der Waals surface area contributed by atoms with Gasteiger partial charge in [-0.25, -0.2) is 4.79 Å². The molecule has 0 heterocycles. The van der Waals surface area contributed by atoms with E-state index >= 15 is 0 Å². The molecule has 234 valence electrons. The first-order valence-electron chi connectivity index (χ1n) is 14.6. The highest BCUT2D eigenvalue weighted by atomic mass is 16.4. The van der Waals surface area contributed by atoms with E-state index in [1.807, 2.05) is 12.1 Å². The minimum Gasteiger partial charge on any atom is -0.508 e. The van der Waals surface area contributed by atoms with Gasteiger partial charge in [0.1, 0.15) is 23.9 Å². The maximum absolute atomic E-state index is 13.6. The Labute approximate surface area is 257 Å². The van der Waals surface area contributed by atoms with Crippen molar-refractivity contribution in [2.75, 3.05) is 6.54 Å². The second-order valence-corrected chi connectivity index (χ2v) is 10.7. The van der Waals surface area contributed by atoms with Crippen molar-refractivity contribution >= 4 is 23.7 Å². The highest BCUT2D eigenvalue weighted by molar-refractivity contribution is 5.94. The molecule has 11 nitrogen and oxygen atoms in total. The molecule has 9 N–H and O–H groups in total. The Bertz CT molecular complexity index is 1350. The minimum atomic E-state index is -1.22. The third kappa shape index (κ3) is 11.2. The van der Waals surface area contributed by atoms with Crippen LogP contribution >= 0.6 is 0 Å². The number of rotatable bonds is 17. The van der Waals surface area contributed by atoms with E-state index < -0.39 is 47.9 Å². The number of unbranched alkanes of at least 4 members (excludes halogenated alkanes) is 1. The van der Waals surface area contributed by atoms with Crippen LogP contribution in [0.4, 0.5) is 0 Å². The molecule has 0 saturated heterocycles. The summed E-state index contributed by atoms with van der Waals surface area (Å²) in [5.41, 5.74) is 14.0. The number of hydrogen-bond acceptors (Lipinski definition) is 7. The van der Waals surface area contributed by atoms with Crippen molar-refractivity contribution in [1.82, 2.24) is 16.0 Å². The van der Waals surface area contributed by atoms with Gasteiger partial charge in [-0.2, -0.15) is 0 Å². The van der Waals surface area contributed by atoms with Crippen molar-refractivity contribution in [3.63, 3.8) is 0 Å². The summed E-state index contributed by atoms with van der Waals surface area (Å²) in [6, 6.07) is 19.9. The Morgan fingerprint density at radius 1 is 0.614 bits per heavy atom. The second kappa shape index (κ2) is 17.4. The number of phenolic OH excluding ortho intramolecular Hbond substituents is 1. The molecule has 3 aromatic rings. The van der Waals surface area contributed by atoms with Crippen LogP contribution in [0.25, 0.3) is 0 Å². The average molecular weight is 604 g/mol. The molecular formula is C33H41N5O6. The summed E-state index contributed by atoms with van der Waals surface area (Å²) in [7, 11) is 0. The highest BCUT2D eigenvalue weighted by Gasteiger charge is 2.30. The van der Waals surface area contributed by atoms with Gasteiger partial charge < -0.3 is 37.6 Å². The molecule has 3 amide bonds. The Balaban J connectivity index is 1.76. The monoisotopic (exact) mass is 603 g/mol. The zero-order valence-electron chi connectivity index (χ0n) is 24.5. The minimum absolute atomic E-state index is 0.0601. The number of nitrogens with one attached hydrogen (secondary N) is 3. The number of carbonyl (C=O) groups excluding carboxylic acids is 3. The first-order valence-corrected chi connectivity index (χ1v) is 14.6. The predicted octanol–water partition coefficient (Wildman–Crippen LogP) is 1.42. The Morgan fingerprint density at radius 2 is 1.09 bits per heavy atom. The van der Waals surface area contributed by atoms with E-state index in [9.17, 15) is 29.4 Å². The number of amides is 3. The lowest BCUT2D eigenvalue weighted by molar-refractivity contribution is -0.142. The molecule has 0 radical (unpaired) electrons. The zero-order chi connectivity index (χ0) is 31.9. The quantitative estimate of drug-likeness (QED) is 0.112. The van der Waals surface area contributed by atoms with Gasteiger partial charge in [-0.3, -0.25) is 14.4 Å². The van der Waals surface area contributed by atoms with Crippen molar-refractivity contribution in [2.45, 2.75) is 62.7 Å². The van der Waals surface area contributed by atoms with Gasteiger partial charge in [0.05, 0.1) is 6.04 Å². The summed E-state index contributed by atoms with van der Waals surface area (Å²) in [6.07, 6.45) is 1.75. The summed E-state index contributed by atoms with van der Waals surface area (Å²) < 4.78 is 0. The summed E-state index contributed by atoms with van der Waals surface area (Å²) in [5, 5.41) is 27.4. The Kier molecular flexibility index (Phi) is 13.3. The van der Waals surface area contributed by atoms with Crippen molar-refractivity contribution in [2.24, 2.45) is 11.5 Å². The largest absolute Gasteiger partial charge is 0.508 e. The number of benzene rings is 3. The van der Waals surface area contributed by atoms with Gasteiger partial charge >= 0.3 is 5.97 Å². The fourth-order valence-electron chi connectivity index (χ4n) is 4.67. The molecule has 0 fully saturated rings. The van der Waals surface area contributed by atoms with Gasteiger partial charge in [-0.1, -0.05) is 72.8 Å². The van der Waals surface area contributed by atoms with Crippen LogP contribution in [0.15, 0.2) is 84.9 Å². The van der Waals surface area contributed by atoms with Crippen molar-refractivity contribution in [3.8, 4) is 5.75 Å². The van der Waals surface area contributed by atoms with Gasteiger partial charge in [0, 0.05) is 12.8 Å². The molecule has 0 aliphatic carbocycles. The lowest BCUT2D eigenvalue weighted by Gasteiger charge is -2.25. The van der Waals surface area contributed by atoms with E-state index in [-0.39, 0.29) is 31.4 Å². The molecule has 0 aromatic heterocycles. The number of carbonyl (C=O) groups is 4. The maximum atomic E-state index is 13.6. The van der Waals surface area contributed by atoms with Crippen molar-refractivity contribution in [3.05, 3.63) is 102 Å². The molecule has 0 saturated carbocycles. The number of phenols is 1. The lowest BCUT2D eigenvalue weighted by atomic mass is 10.0. The van der Waals surface area contributed by atoms with Gasteiger partial charge in [-0.05, 0) is 61.1 Å². The van der Waals surface area contributed by atoms with E-state index in [1.54, 1.807) is 60.7 Å². The number of carboxylic acid groups (broad SMARTS) is 1. The fraction of sp³-hybridized carbons (Fsp3) is 0.333.